The van der Waals surface area contributed by atoms with E-state index >= 15 is 0 Å². The van der Waals surface area contributed by atoms with E-state index in [1.54, 1.807) is 12.1 Å². The maximum absolute atomic E-state index is 13.1. The molecule has 3 unspecified atom stereocenters. The van der Waals surface area contributed by atoms with Crippen LogP contribution in [0.5, 0.6) is 0 Å². The van der Waals surface area contributed by atoms with Crippen LogP contribution in [0.3, 0.4) is 0 Å². The van der Waals surface area contributed by atoms with Gasteiger partial charge in [0.15, 0.2) is 0 Å². The Morgan fingerprint density at radius 2 is 1.81 bits per heavy atom. The molecule has 3 atom stereocenters. The first kappa shape index (κ1) is 14.7. The summed E-state index contributed by atoms with van der Waals surface area (Å²) in [5.74, 6) is 0.609. The standard InChI is InChI=1S/C17H22F3N/c1-15(2)11-8-9-16(15,3)14(10-11)21-13-7-5-4-6-12(13)17(18,19)20/h4-7,11,14,21H,8-10H2,1-3H3. The molecule has 4 heteroatoms. The van der Waals surface area contributed by atoms with Crippen LogP contribution < -0.4 is 5.32 Å². The maximum atomic E-state index is 13.1. The van der Waals surface area contributed by atoms with Crippen molar-refractivity contribution >= 4 is 5.69 Å². The van der Waals surface area contributed by atoms with Gasteiger partial charge in [0.25, 0.3) is 0 Å². The first-order valence-corrected chi connectivity index (χ1v) is 7.59. The molecule has 116 valence electrons. The summed E-state index contributed by atoms with van der Waals surface area (Å²) >= 11 is 0. The van der Waals surface area contributed by atoms with Crippen molar-refractivity contribution in [2.45, 2.75) is 52.3 Å². The van der Waals surface area contributed by atoms with Crippen LogP contribution in [0.2, 0.25) is 0 Å². The molecule has 0 amide bonds. The molecule has 3 rings (SSSR count). The second-order valence-electron chi connectivity index (χ2n) is 7.35. The van der Waals surface area contributed by atoms with E-state index in [2.05, 4.69) is 26.1 Å². The van der Waals surface area contributed by atoms with Crippen molar-refractivity contribution in [3.05, 3.63) is 29.8 Å². The lowest BCUT2D eigenvalue weighted by atomic mass is 9.69. The van der Waals surface area contributed by atoms with Crippen LogP contribution in [0.25, 0.3) is 0 Å². The number of fused-ring (bicyclic) bond motifs is 2. The van der Waals surface area contributed by atoms with Crippen LogP contribution in [0.15, 0.2) is 24.3 Å². The molecule has 0 heterocycles. The summed E-state index contributed by atoms with van der Waals surface area (Å²) in [4.78, 5) is 0. The van der Waals surface area contributed by atoms with E-state index in [-0.39, 0.29) is 22.6 Å². The minimum absolute atomic E-state index is 0.0658. The van der Waals surface area contributed by atoms with Crippen molar-refractivity contribution < 1.29 is 13.2 Å². The first-order chi connectivity index (χ1) is 9.66. The van der Waals surface area contributed by atoms with Crippen molar-refractivity contribution in [3.63, 3.8) is 0 Å². The molecule has 2 saturated carbocycles. The number of hydrogen-bond donors (Lipinski definition) is 1. The monoisotopic (exact) mass is 297 g/mol. The molecule has 1 aromatic carbocycles. The molecule has 0 aliphatic heterocycles. The predicted molar refractivity (Wildman–Crippen MR) is 78.1 cm³/mol. The fourth-order valence-electron chi connectivity index (χ4n) is 4.47. The van der Waals surface area contributed by atoms with Gasteiger partial charge in [-0.1, -0.05) is 32.9 Å². The van der Waals surface area contributed by atoms with E-state index in [1.165, 1.54) is 12.5 Å². The normalized spacial score (nSPS) is 34.2. The predicted octanol–water partition coefficient (Wildman–Crippen LogP) is 5.33. The molecule has 2 aliphatic carbocycles. The van der Waals surface area contributed by atoms with Gasteiger partial charge in [0, 0.05) is 11.7 Å². The largest absolute Gasteiger partial charge is 0.418 e. The van der Waals surface area contributed by atoms with E-state index in [1.807, 2.05) is 0 Å². The molecular formula is C17H22F3N. The quantitative estimate of drug-likeness (QED) is 0.777. The highest BCUT2D eigenvalue weighted by molar-refractivity contribution is 5.54. The Morgan fingerprint density at radius 3 is 2.33 bits per heavy atom. The summed E-state index contributed by atoms with van der Waals surface area (Å²) < 4.78 is 39.4. The van der Waals surface area contributed by atoms with Gasteiger partial charge in [-0.2, -0.15) is 13.2 Å². The first-order valence-electron chi connectivity index (χ1n) is 7.59. The molecule has 0 saturated heterocycles. The van der Waals surface area contributed by atoms with E-state index in [0.717, 1.165) is 18.9 Å². The fourth-order valence-corrected chi connectivity index (χ4v) is 4.47. The Morgan fingerprint density at radius 1 is 1.14 bits per heavy atom. The zero-order valence-corrected chi connectivity index (χ0v) is 12.7. The van der Waals surface area contributed by atoms with E-state index in [0.29, 0.717) is 5.92 Å². The molecule has 0 spiro atoms. The van der Waals surface area contributed by atoms with Gasteiger partial charge in [-0.25, -0.2) is 0 Å². The Bertz CT molecular complexity index is 549. The summed E-state index contributed by atoms with van der Waals surface area (Å²) in [5.41, 5.74) is -0.0810. The number of anilines is 1. The third-order valence-corrected chi connectivity index (χ3v) is 6.36. The average molecular weight is 297 g/mol. The number of benzene rings is 1. The minimum Gasteiger partial charge on any atom is -0.381 e. The SMILES string of the molecule is CC1(C)C2CCC1(C)C(Nc1ccccc1C(F)(F)F)C2. The molecule has 1 aromatic rings. The fraction of sp³-hybridized carbons (Fsp3) is 0.647. The zero-order chi connectivity index (χ0) is 15.5. The molecule has 2 aliphatic rings. The Kier molecular flexibility index (Phi) is 3.09. The second kappa shape index (κ2) is 4.40. The molecular weight excluding hydrogens is 275 g/mol. The van der Waals surface area contributed by atoms with Crippen LogP contribution in [-0.2, 0) is 6.18 Å². The number of para-hydroxylation sites is 1. The molecule has 2 fully saturated rings. The lowest BCUT2D eigenvalue weighted by Gasteiger charge is -2.40. The van der Waals surface area contributed by atoms with Gasteiger partial charge in [0.1, 0.15) is 0 Å². The summed E-state index contributed by atoms with van der Waals surface area (Å²) in [5, 5.41) is 3.22. The lowest BCUT2D eigenvalue weighted by molar-refractivity contribution is -0.137. The van der Waals surface area contributed by atoms with Crippen LogP contribution in [0, 0.1) is 16.7 Å². The van der Waals surface area contributed by atoms with Crippen LogP contribution in [0.4, 0.5) is 18.9 Å². The summed E-state index contributed by atoms with van der Waals surface area (Å²) in [7, 11) is 0. The van der Waals surface area contributed by atoms with Crippen molar-refractivity contribution in [1.82, 2.24) is 0 Å². The number of rotatable bonds is 2. The van der Waals surface area contributed by atoms with Gasteiger partial charge in [0.05, 0.1) is 5.56 Å². The Hall–Kier alpha value is -1.19. The Labute approximate surface area is 123 Å². The van der Waals surface area contributed by atoms with Gasteiger partial charge < -0.3 is 5.32 Å². The third kappa shape index (κ3) is 2.06. The third-order valence-electron chi connectivity index (χ3n) is 6.36. The highest BCUT2D eigenvalue weighted by Gasteiger charge is 2.61. The molecule has 1 nitrogen and oxygen atoms in total. The van der Waals surface area contributed by atoms with E-state index in [4.69, 9.17) is 0 Å². The zero-order valence-electron chi connectivity index (χ0n) is 12.7. The van der Waals surface area contributed by atoms with E-state index in [9.17, 15) is 13.2 Å². The smallest absolute Gasteiger partial charge is 0.381 e. The van der Waals surface area contributed by atoms with Gasteiger partial charge in [-0.3, -0.25) is 0 Å². The Balaban J connectivity index is 1.90. The van der Waals surface area contributed by atoms with Crippen molar-refractivity contribution in [3.8, 4) is 0 Å². The van der Waals surface area contributed by atoms with Crippen LogP contribution in [0.1, 0.15) is 45.6 Å². The highest BCUT2D eigenvalue weighted by Crippen LogP contribution is 2.66. The maximum Gasteiger partial charge on any atom is 0.418 e. The highest BCUT2D eigenvalue weighted by atomic mass is 19.4. The topological polar surface area (TPSA) is 12.0 Å². The molecule has 0 radical (unpaired) electrons. The molecule has 21 heavy (non-hydrogen) atoms. The number of nitrogens with one attached hydrogen (secondary N) is 1. The molecule has 0 aromatic heterocycles. The summed E-state index contributed by atoms with van der Waals surface area (Å²) in [6.07, 6.45) is -1.05. The van der Waals surface area contributed by atoms with Gasteiger partial charge in [-0.05, 0) is 48.1 Å². The van der Waals surface area contributed by atoms with Gasteiger partial charge in [-0.15, -0.1) is 0 Å². The van der Waals surface area contributed by atoms with Crippen LogP contribution >= 0.6 is 0 Å². The molecule has 1 N–H and O–H groups in total. The minimum atomic E-state index is -4.31. The van der Waals surface area contributed by atoms with Crippen molar-refractivity contribution in [1.29, 1.82) is 0 Å². The number of halogens is 3. The van der Waals surface area contributed by atoms with Crippen molar-refractivity contribution in [2.24, 2.45) is 16.7 Å². The van der Waals surface area contributed by atoms with Crippen LogP contribution in [-0.4, -0.2) is 6.04 Å². The van der Waals surface area contributed by atoms with Gasteiger partial charge >= 0.3 is 6.18 Å². The second-order valence-corrected chi connectivity index (χ2v) is 7.35. The number of alkyl halides is 3. The molecule has 2 bridgehead atoms. The average Bonchev–Trinajstić information content (AvgIpc) is 2.71. The van der Waals surface area contributed by atoms with E-state index < -0.39 is 11.7 Å². The van der Waals surface area contributed by atoms with Crippen molar-refractivity contribution in [2.75, 3.05) is 5.32 Å². The summed E-state index contributed by atoms with van der Waals surface area (Å²) in [6.45, 7) is 6.76. The lowest BCUT2D eigenvalue weighted by Crippen LogP contribution is -2.40. The summed E-state index contributed by atoms with van der Waals surface area (Å²) in [6, 6.07) is 5.93. The number of hydrogen-bond acceptors (Lipinski definition) is 1. The van der Waals surface area contributed by atoms with Gasteiger partial charge in [0.2, 0.25) is 0 Å².